The summed E-state index contributed by atoms with van der Waals surface area (Å²) >= 11 is 0. The first kappa shape index (κ1) is 29.8. The Balaban J connectivity index is 0.00000189. The van der Waals surface area contributed by atoms with E-state index in [0.717, 1.165) is 46.3 Å². The zero-order valence-electron chi connectivity index (χ0n) is 25.8. The average Bonchev–Trinajstić information content (AvgIpc) is 3.45. The lowest BCUT2D eigenvalue weighted by Gasteiger charge is -2.22. The molecule has 0 nitrogen and oxygen atoms in total. The molecule has 0 spiro atoms. The third kappa shape index (κ3) is 5.08. The van der Waals surface area contributed by atoms with Crippen LogP contribution < -0.4 is 0 Å². The second-order valence-electron chi connectivity index (χ2n) is 10.6. The van der Waals surface area contributed by atoms with Gasteiger partial charge in [-0.15, -0.1) is 0 Å². The summed E-state index contributed by atoms with van der Waals surface area (Å²) < 4.78 is 0. The Morgan fingerprint density at radius 3 is 2.41 bits per heavy atom. The first-order valence-electron chi connectivity index (χ1n) is 15.0. The molecule has 0 heteroatoms. The Morgan fingerprint density at radius 1 is 0.976 bits per heavy atom. The number of hydrogen-bond acceptors (Lipinski definition) is 0. The van der Waals surface area contributed by atoms with Crippen molar-refractivity contribution < 1.29 is 0 Å². The molecule has 0 aliphatic heterocycles. The molecular formula is C41H44. The van der Waals surface area contributed by atoms with Gasteiger partial charge < -0.3 is 0 Å². The summed E-state index contributed by atoms with van der Waals surface area (Å²) in [5, 5.41) is 0. The van der Waals surface area contributed by atoms with Crippen LogP contribution in [0.25, 0.3) is 27.8 Å². The van der Waals surface area contributed by atoms with Crippen LogP contribution in [-0.2, 0) is 0 Å². The van der Waals surface area contributed by atoms with E-state index >= 15 is 0 Å². The van der Waals surface area contributed by atoms with Crippen LogP contribution in [0.1, 0.15) is 88.1 Å². The zero-order chi connectivity index (χ0) is 29.8. The molecule has 41 heavy (non-hydrogen) atoms. The van der Waals surface area contributed by atoms with Crippen LogP contribution in [-0.4, -0.2) is 0 Å². The van der Waals surface area contributed by atoms with Crippen LogP contribution in [0, 0.1) is 0 Å². The molecule has 0 N–H and O–H groups in total. The number of hydrogen-bond donors (Lipinski definition) is 0. The van der Waals surface area contributed by atoms with E-state index < -0.39 is 0 Å². The van der Waals surface area contributed by atoms with Crippen LogP contribution in [0.5, 0.6) is 0 Å². The lowest BCUT2D eigenvalue weighted by atomic mass is 9.81. The summed E-state index contributed by atoms with van der Waals surface area (Å²) in [4.78, 5) is 0. The lowest BCUT2D eigenvalue weighted by molar-refractivity contribution is 0.835. The molecule has 1 atom stereocenters. The van der Waals surface area contributed by atoms with E-state index in [1.807, 2.05) is 26.8 Å². The van der Waals surface area contributed by atoms with Crippen molar-refractivity contribution in [2.24, 2.45) is 0 Å². The van der Waals surface area contributed by atoms with Gasteiger partial charge in [0.15, 0.2) is 0 Å². The minimum absolute atomic E-state index is 0.303. The molecule has 3 aliphatic rings. The fourth-order valence-corrected chi connectivity index (χ4v) is 6.30. The molecule has 0 saturated carbocycles. The Hall–Kier alpha value is -4.16. The quantitative estimate of drug-likeness (QED) is 0.263. The molecule has 208 valence electrons. The van der Waals surface area contributed by atoms with E-state index in [1.165, 1.54) is 50.1 Å². The third-order valence-corrected chi connectivity index (χ3v) is 8.31. The van der Waals surface area contributed by atoms with Crippen LogP contribution in [0.3, 0.4) is 0 Å². The minimum atomic E-state index is 0.303. The Morgan fingerprint density at radius 2 is 1.73 bits per heavy atom. The van der Waals surface area contributed by atoms with Crippen molar-refractivity contribution in [2.45, 2.75) is 60.3 Å². The van der Waals surface area contributed by atoms with Crippen molar-refractivity contribution in [3.63, 3.8) is 0 Å². The molecule has 0 fully saturated rings. The normalized spacial score (nSPS) is 17.5. The van der Waals surface area contributed by atoms with Crippen molar-refractivity contribution in [3.8, 4) is 11.1 Å². The summed E-state index contributed by atoms with van der Waals surface area (Å²) in [5.74, 6) is 0.303. The molecule has 0 bridgehead atoms. The highest BCUT2D eigenvalue weighted by atomic mass is 14.4. The largest absolute Gasteiger partial charge is 0.0912 e. The summed E-state index contributed by atoms with van der Waals surface area (Å²) in [6.45, 7) is 30.5. The molecule has 0 saturated heterocycles. The molecule has 0 heterocycles. The molecular weight excluding hydrogens is 492 g/mol. The maximum absolute atomic E-state index is 4.64. The number of benzene rings is 2. The van der Waals surface area contributed by atoms with Gasteiger partial charge in [0.05, 0.1) is 0 Å². The average molecular weight is 537 g/mol. The maximum atomic E-state index is 4.64. The SMILES string of the molecule is C=C(/C=C\CC)/C(=C/C)C1=C2C(=C)c3cc4c(cc3C2CC=C1)-c1cccc(C(=C)/C(C)=C/C=C\C)c1C4=C.CC. The van der Waals surface area contributed by atoms with Gasteiger partial charge in [-0.2, -0.15) is 0 Å². The molecule has 1 unspecified atom stereocenters. The first-order valence-corrected chi connectivity index (χ1v) is 15.0. The Kier molecular flexibility index (Phi) is 9.14. The summed E-state index contributed by atoms with van der Waals surface area (Å²) in [6.07, 6.45) is 19.3. The van der Waals surface area contributed by atoms with Gasteiger partial charge in [-0.25, -0.2) is 0 Å². The van der Waals surface area contributed by atoms with Gasteiger partial charge in [0.25, 0.3) is 0 Å². The fraction of sp³-hybridized carbons (Fsp3) is 0.220. The van der Waals surface area contributed by atoms with Crippen LogP contribution >= 0.6 is 0 Å². The van der Waals surface area contributed by atoms with E-state index in [0.29, 0.717) is 5.92 Å². The van der Waals surface area contributed by atoms with E-state index in [1.54, 1.807) is 0 Å². The molecule has 0 amide bonds. The minimum Gasteiger partial charge on any atom is -0.0912 e. The molecule has 3 aliphatic carbocycles. The van der Waals surface area contributed by atoms with Gasteiger partial charge in [-0.3, -0.25) is 0 Å². The van der Waals surface area contributed by atoms with E-state index in [4.69, 9.17) is 0 Å². The summed E-state index contributed by atoms with van der Waals surface area (Å²) in [7, 11) is 0. The van der Waals surface area contributed by atoms with Gasteiger partial charge in [0.1, 0.15) is 0 Å². The van der Waals surface area contributed by atoms with Gasteiger partial charge in [0, 0.05) is 5.92 Å². The number of rotatable bonds is 7. The highest BCUT2D eigenvalue weighted by Gasteiger charge is 2.37. The van der Waals surface area contributed by atoms with Crippen molar-refractivity contribution in [1.29, 1.82) is 0 Å². The molecule has 5 rings (SSSR count). The molecule has 2 aromatic rings. The third-order valence-electron chi connectivity index (χ3n) is 8.31. The predicted molar refractivity (Wildman–Crippen MR) is 184 cm³/mol. The molecule has 2 aromatic carbocycles. The zero-order valence-corrected chi connectivity index (χ0v) is 25.8. The van der Waals surface area contributed by atoms with Crippen LogP contribution in [0.4, 0.5) is 0 Å². The predicted octanol–water partition coefficient (Wildman–Crippen LogP) is 12.1. The Bertz CT molecular complexity index is 1630. The van der Waals surface area contributed by atoms with Crippen molar-refractivity contribution in [1.82, 2.24) is 0 Å². The fourth-order valence-electron chi connectivity index (χ4n) is 6.30. The van der Waals surface area contributed by atoms with E-state index in [-0.39, 0.29) is 0 Å². The molecule has 0 radical (unpaired) electrons. The highest BCUT2D eigenvalue weighted by Crippen LogP contribution is 2.56. The summed E-state index contributed by atoms with van der Waals surface area (Å²) in [6, 6.07) is 11.3. The lowest BCUT2D eigenvalue weighted by Crippen LogP contribution is -2.05. The van der Waals surface area contributed by atoms with E-state index in [9.17, 15) is 0 Å². The van der Waals surface area contributed by atoms with Gasteiger partial charge in [-0.05, 0) is 129 Å². The molecule has 0 aromatic heterocycles. The van der Waals surface area contributed by atoms with Crippen molar-refractivity contribution >= 4 is 16.7 Å². The van der Waals surface area contributed by atoms with Gasteiger partial charge in [-0.1, -0.05) is 114 Å². The van der Waals surface area contributed by atoms with Gasteiger partial charge >= 0.3 is 0 Å². The van der Waals surface area contributed by atoms with Gasteiger partial charge in [0.2, 0.25) is 0 Å². The Labute approximate surface area is 248 Å². The second kappa shape index (κ2) is 12.6. The smallest absolute Gasteiger partial charge is 0.0142 e. The number of allylic oxidation sites excluding steroid dienone is 15. The maximum Gasteiger partial charge on any atom is 0.0142 e. The standard InChI is InChI=1S/C39H38.C2H6/c1-9-12-16-24(4)26(6)30-18-14-20-32-36-23-37-33-21-15-19-31(29(11-3)25(5)17-13-10-2)39(33)28(8)35(37)22-34(36)27(7)38(30)32;1-2/h9,11-20,22-23,33H,5-8,10,21H2,1-4H3;1-2H3/b12-9-,17-13-,24-16+,29-11-;. The van der Waals surface area contributed by atoms with Crippen molar-refractivity contribution in [2.75, 3.05) is 0 Å². The summed E-state index contributed by atoms with van der Waals surface area (Å²) in [5.41, 5.74) is 17.9. The topological polar surface area (TPSA) is 0 Å². The van der Waals surface area contributed by atoms with Crippen LogP contribution in [0.2, 0.25) is 0 Å². The monoisotopic (exact) mass is 536 g/mol. The van der Waals surface area contributed by atoms with Crippen LogP contribution in [0.15, 0.2) is 133 Å². The second-order valence-corrected chi connectivity index (χ2v) is 10.6. The first-order chi connectivity index (χ1) is 19.8. The number of fused-ring (bicyclic) bond motifs is 6. The highest BCUT2D eigenvalue weighted by molar-refractivity contribution is 6.06. The van der Waals surface area contributed by atoms with Crippen molar-refractivity contribution in [3.05, 3.63) is 161 Å². The van der Waals surface area contributed by atoms with E-state index in [2.05, 4.69) is 120 Å².